The normalized spacial score (nSPS) is 14.5. The number of rotatable bonds is 3. The predicted octanol–water partition coefficient (Wildman–Crippen LogP) is 2.98. The quantitative estimate of drug-likeness (QED) is 0.798. The Labute approximate surface area is 145 Å². The number of pyridine rings is 1. The standard InChI is InChI=1S/C19H19FN4O/c1-13-8-14(10-15(20)9-13)11-23-7-5-17-16(12-23)19(25)24(22-17)18-4-2-3-6-21-18/h2-4,6,8-10,25H,5,7,11-12H2,1H3. The van der Waals surface area contributed by atoms with Crippen molar-refractivity contribution in [2.45, 2.75) is 26.4 Å². The maximum absolute atomic E-state index is 13.6. The van der Waals surface area contributed by atoms with E-state index in [1.54, 1.807) is 12.3 Å². The third-order valence-corrected chi connectivity index (χ3v) is 4.46. The van der Waals surface area contributed by atoms with E-state index in [1.165, 1.54) is 10.7 Å². The van der Waals surface area contributed by atoms with E-state index >= 15 is 0 Å². The van der Waals surface area contributed by atoms with Gasteiger partial charge in [0.2, 0.25) is 5.88 Å². The molecule has 3 aromatic rings. The fourth-order valence-corrected chi connectivity index (χ4v) is 3.35. The number of hydrogen-bond acceptors (Lipinski definition) is 4. The highest BCUT2D eigenvalue weighted by molar-refractivity contribution is 5.38. The molecule has 5 nitrogen and oxygen atoms in total. The Kier molecular flexibility index (Phi) is 3.97. The van der Waals surface area contributed by atoms with Crippen molar-refractivity contribution >= 4 is 0 Å². The fourth-order valence-electron chi connectivity index (χ4n) is 3.35. The van der Waals surface area contributed by atoms with Crippen LogP contribution in [0, 0.1) is 12.7 Å². The van der Waals surface area contributed by atoms with E-state index < -0.39 is 0 Å². The summed E-state index contributed by atoms with van der Waals surface area (Å²) in [6, 6.07) is 10.6. The van der Waals surface area contributed by atoms with Crippen LogP contribution < -0.4 is 0 Å². The summed E-state index contributed by atoms with van der Waals surface area (Å²) in [6.45, 7) is 3.95. The molecule has 0 aliphatic carbocycles. The van der Waals surface area contributed by atoms with E-state index in [9.17, 15) is 9.50 Å². The number of halogens is 1. The highest BCUT2D eigenvalue weighted by Crippen LogP contribution is 2.29. The van der Waals surface area contributed by atoms with Gasteiger partial charge < -0.3 is 5.11 Å². The first-order chi connectivity index (χ1) is 12.1. The molecule has 0 spiro atoms. The van der Waals surface area contributed by atoms with Gasteiger partial charge in [-0.1, -0.05) is 12.1 Å². The Bertz CT molecular complexity index is 887. The van der Waals surface area contributed by atoms with Crippen molar-refractivity contribution in [1.82, 2.24) is 19.7 Å². The van der Waals surface area contributed by atoms with Gasteiger partial charge in [0, 0.05) is 32.3 Å². The van der Waals surface area contributed by atoms with Gasteiger partial charge in [0.25, 0.3) is 0 Å². The van der Waals surface area contributed by atoms with Crippen LogP contribution in [0.1, 0.15) is 22.4 Å². The molecule has 0 fully saturated rings. The van der Waals surface area contributed by atoms with E-state index in [-0.39, 0.29) is 11.7 Å². The summed E-state index contributed by atoms with van der Waals surface area (Å²) < 4.78 is 15.1. The highest BCUT2D eigenvalue weighted by Gasteiger charge is 2.25. The van der Waals surface area contributed by atoms with Crippen LogP contribution in [0.25, 0.3) is 5.82 Å². The molecule has 128 valence electrons. The van der Waals surface area contributed by atoms with Crippen LogP contribution in [0.15, 0.2) is 42.6 Å². The number of aryl methyl sites for hydroxylation is 1. The Morgan fingerprint density at radius 3 is 2.88 bits per heavy atom. The van der Waals surface area contributed by atoms with Crippen LogP contribution in [-0.2, 0) is 19.5 Å². The summed E-state index contributed by atoms with van der Waals surface area (Å²) in [5.41, 5.74) is 3.58. The first-order valence-corrected chi connectivity index (χ1v) is 8.30. The summed E-state index contributed by atoms with van der Waals surface area (Å²) in [4.78, 5) is 6.44. The largest absolute Gasteiger partial charge is 0.493 e. The lowest BCUT2D eigenvalue weighted by Gasteiger charge is -2.26. The summed E-state index contributed by atoms with van der Waals surface area (Å²) in [5, 5.41) is 15.1. The molecule has 0 radical (unpaired) electrons. The van der Waals surface area contributed by atoms with Gasteiger partial charge in [-0.15, -0.1) is 0 Å². The van der Waals surface area contributed by atoms with Gasteiger partial charge in [0.05, 0.1) is 11.3 Å². The monoisotopic (exact) mass is 338 g/mol. The number of aromatic nitrogens is 3. The topological polar surface area (TPSA) is 54.2 Å². The molecule has 0 saturated carbocycles. The van der Waals surface area contributed by atoms with Crippen molar-refractivity contribution < 1.29 is 9.50 Å². The van der Waals surface area contributed by atoms with Crippen molar-refractivity contribution in [3.8, 4) is 11.7 Å². The molecule has 0 unspecified atom stereocenters. The molecule has 1 aliphatic heterocycles. The molecule has 0 bridgehead atoms. The zero-order valence-corrected chi connectivity index (χ0v) is 14.0. The number of aromatic hydroxyl groups is 1. The smallest absolute Gasteiger partial charge is 0.220 e. The highest BCUT2D eigenvalue weighted by atomic mass is 19.1. The number of hydrogen-bond donors (Lipinski definition) is 1. The Morgan fingerprint density at radius 1 is 1.24 bits per heavy atom. The Hall–Kier alpha value is -2.73. The molecule has 2 aromatic heterocycles. The van der Waals surface area contributed by atoms with Gasteiger partial charge >= 0.3 is 0 Å². The molecular formula is C19H19FN4O. The third-order valence-electron chi connectivity index (χ3n) is 4.46. The van der Waals surface area contributed by atoms with Gasteiger partial charge in [-0.25, -0.2) is 9.37 Å². The van der Waals surface area contributed by atoms with Crippen molar-refractivity contribution in [2.75, 3.05) is 6.54 Å². The zero-order valence-electron chi connectivity index (χ0n) is 14.0. The number of fused-ring (bicyclic) bond motifs is 1. The van der Waals surface area contributed by atoms with E-state index in [0.717, 1.165) is 35.3 Å². The fraction of sp³-hybridized carbons (Fsp3) is 0.263. The maximum Gasteiger partial charge on any atom is 0.220 e. The zero-order chi connectivity index (χ0) is 17.4. The van der Waals surface area contributed by atoms with Gasteiger partial charge in [-0.05, 0) is 42.3 Å². The van der Waals surface area contributed by atoms with Crippen LogP contribution in [0.3, 0.4) is 0 Å². The Morgan fingerprint density at radius 2 is 2.12 bits per heavy atom. The summed E-state index contributed by atoms with van der Waals surface area (Å²) in [5.74, 6) is 0.522. The number of nitrogens with zero attached hydrogens (tertiary/aromatic N) is 4. The molecule has 0 atom stereocenters. The first-order valence-electron chi connectivity index (χ1n) is 8.30. The average molecular weight is 338 g/mol. The van der Waals surface area contributed by atoms with E-state index in [1.807, 2.05) is 31.2 Å². The molecule has 6 heteroatoms. The van der Waals surface area contributed by atoms with Crippen molar-refractivity contribution in [3.63, 3.8) is 0 Å². The second-order valence-corrected chi connectivity index (χ2v) is 6.45. The molecule has 1 aliphatic rings. The van der Waals surface area contributed by atoms with E-state index in [2.05, 4.69) is 15.0 Å². The molecular weight excluding hydrogens is 319 g/mol. The van der Waals surface area contributed by atoms with Crippen molar-refractivity contribution in [1.29, 1.82) is 0 Å². The molecule has 1 N–H and O–H groups in total. The lowest BCUT2D eigenvalue weighted by Crippen LogP contribution is -2.29. The lowest BCUT2D eigenvalue weighted by molar-refractivity contribution is 0.240. The van der Waals surface area contributed by atoms with Crippen LogP contribution in [0.5, 0.6) is 5.88 Å². The minimum absolute atomic E-state index is 0.133. The van der Waals surface area contributed by atoms with Crippen LogP contribution in [0.2, 0.25) is 0 Å². The second kappa shape index (κ2) is 6.29. The summed E-state index contributed by atoms with van der Waals surface area (Å²) in [7, 11) is 0. The predicted molar refractivity (Wildman–Crippen MR) is 92.0 cm³/mol. The molecule has 3 heterocycles. The minimum atomic E-state index is -0.210. The average Bonchev–Trinajstić information content (AvgIpc) is 2.91. The van der Waals surface area contributed by atoms with Crippen LogP contribution in [0.4, 0.5) is 4.39 Å². The second-order valence-electron chi connectivity index (χ2n) is 6.45. The van der Waals surface area contributed by atoms with Crippen LogP contribution >= 0.6 is 0 Å². The van der Waals surface area contributed by atoms with Crippen molar-refractivity contribution in [2.24, 2.45) is 0 Å². The minimum Gasteiger partial charge on any atom is -0.493 e. The van der Waals surface area contributed by atoms with Gasteiger partial charge in [-0.2, -0.15) is 9.78 Å². The van der Waals surface area contributed by atoms with Gasteiger partial charge in [0.1, 0.15) is 5.82 Å². The number of benzene rings is 1. The molecule has 0 saturated heterocycles. The van der Waals surface area contributed by atoms with Gasteiger partial charge in [-0.3, -0.25) is 4.90 Å². The lowest BCUT2D eigenvalue weighted by atomic mass is 10.1. The molecule has 25 heavy (non-hydrogen) atoms. The van der Waals surface area contributed by atoms with Gasteiger partial charge in [0.15, 0.2) is 5.82 Å². The van der Waals surface area contributed by atoms with E-state index in [0.29, 0.717) is 18.9 Å². The van der Waals surface area contributed by atoms with Crippen LogP contribution in [-0.4, -0.2) is 31.3 Å². The third kappa shape index (κ3) is 3.13. The first kappa shape index (κ1) is 15.8. The van der Waals surface area contributed by atoms with Crippen molar-refractivity contribution in [3.05, 3.63) is 70.8 Å². The molecule has 0 amide bonds. The van der Waals surface area contributed by atoms with E-state index in [4.69, 9.17) is 0 Å². The summed E-state index contributed by atoms with van der Waals surface area (Å²) >= 11 is 0. The maximum atomic E-state index is 13.6. The molecule has 4 rings (SSSR count). The molecule has 1 aromatic carbocycles. The SMILES string of the molecule is Cc1cc(F)cc(CN2CCc3nn(-c4ccccn4)c(O)c3C2)c1. The Balaban J connectivity index is 1.58. The summed E-state index contributed by atoms with van der Waals surface area (Å²) in [6.07, 6.45) is 2.42.